The standard InChI is InChI=1S/C22H22N4/c1-16-12-20(25-21(24-16)17-6-9-23-10-7-17)26-11-8-22(15-26)13-18-4-2-3-5-19(18)14-22/h2-7,9-10,12H,8,11,13-15H2,1H3. The molecule has 1 aliphatic carbocycles. The maximum atomic E-state index is 4.88. The summed E-state index contributed by atoms with van der Waals surface area (Å²) in [7, 11) is 0. The number of aryl methyl sites for hydroxylation is 1. The summed E-state index contributed by atoms with van der Waals surface area (Å²) in [5, 5.41) is 0. The molecular formula is C22H22N4. The van der Waals surface area contributed by atoms with Gasteiger partial charge in [0.2, 0.25) is 0 Å². The second-order valence-electron chi connectivity index (χ2n) is 7.72. The number of pyridine rings is 1. The van der Waals surface area contributed by atoms with Gasteiger partial charge >= 0.3 is 0 Å². The first kappa shape index (κ1) is 15.5. The zero-order valence-corrected chi connectivity index (χ0v) is 15.0. The zero-order chi connectivity index (χ0) is 17.6. The van der Waals surface area contributed by atoms with Gasteiger partial charge in [0.05, 0.1) is 0 Å². The Hall–Kier alpha value is -2.75. The van der Waals surface area contributed by atoms with Crippen LogP contribution >= 0.6 is 0 Å². The lowest BCUT2D eigenvalue weighted by atomic mass is 9.84. The SMILES string of the molecule is Cc1cc(N2CCC3(Cc4ccccc4C3)C2)nc(-c2ccncc2)n1. The Bertz CT molecular complexity index is 926. The highest BCUT2D eigenvalue weighted by molar-refractivity contribution is 5.57. The van der Waals surface area contributed by atoms with Crippen LogP contribution in [0.15, 0.2) is 54.9 Å². The van der Waals surface area contributed by atoms with Crippen molar-refractivity contribution >= 4 is 5.82 Å². The highest BCUT2D eigenvalue weighted by atomic mass is 15.2. The van der Waals surface area contributed by atoms with Crippen LogP contribution < -0.4 is 4.90 Å². The number of fused-ring (bicyclic) bond motifs is 1. The van der Waals surface area contributed by atoms with Crippen LogP contribution in [-0.2, 0) is 12.8 Å². The van der Waals surface area contributed by atoms with Crippen LogP contribution in [0.3, 0.4) is 0 Å². The van der Waals surface area contributed by atoms with E-state index < -0.39 is 0 Å². The summed E-state index contributed by atoms with van der Waals surface area (Å²) in [4.78, 5) is 16.1. The maximum Gasteiger partial charge on any atom is 0.161 e. The first-order valence-electron chi connectivity index (χ1n) is 9.29. The van der Waals surface area contributed by atoms with Gasteiger partial charge in [-0.2, -0.15) is 0 Å². The van der Waals surface area contributed by atoms with E-state index in [0.717, 1.165) is 36.0 Å². The molecule has 0 N–H and O–H groups in total. The molecule has 0 saturated carbocycles. The maximum absolute atomic E-state index is 4.88. The number of aromatic nitrogens is 3. The van der Waals surface area contributed by atoms with Crippen LogP contribution in [0.5, 0.6) is 0 Å². The molecule has 1 saturated heterocycles. The average Bonchev–Trinajstić information content (AvgIpc) is 3.25. The van der Waals surface area contributed by atoms with Crippen molar-refractivity contribution < 1.29 is 0 Å². The van der Waals surface area contributed by atoms with Gasteiger partial charge in [-0.25, -0.2) is 9.97 Å². The first-order valence-corrected chi connectivity index (χ1v) is 9.29. The Morgan fingerprint density at radius 3 is 2.42 bits per heavy atom. The Balaban J connectivity index is 1.43. The average molecular weight is 342 g/mol. The van der Waals surface area contributed by atoms with E-state index in [1.54, 1.807) is 12.4 Å². The summed E-state index contributed by atoms with van der Waals surface area (Å²) in [6.45, 7) is 4.20. The summed E-state index contributed by atoms with van der Waals surface area (Å²) >= 11 is 0. The number of nitrogens with zero attached hydrogens (tertiary/aromatic N) is 4. The van der Waals surface area contributed by atoms with Crippen LogP contribution in [0.1, 0.15) is 23.2 Å². The van der Waals surface area contributed by atoms with E-state index in [1.807, 2.05) is 19.1 Å². The van der Waals surface area contributed by atoms with Crippen LogP contribution in [0.25, 0.3) is 11.4 Å². The molecule has 0 bridgehead atoms. The van der Waals surface area contributed by atoms with Crippen molar-refractivity contribution in [2.75, 3.05) is 18.0 Å². The third-order valence-corrected chi connectivity index (χ3v) is 5.79. The monoisotopic (exact) mass is 342 g/mol. The van der Waals surface area contributed by atoms with Crippen molar-refractivity contribution in [1.29, 1.82) is 0 Å². The minimum absolute atomic E-state index is 0.374. The van der Waals surface area contributed by atoms with Gasteiger partial charge in [-0.15, -0.1) is 0 Å². The van der Waals surface area contributed by atoms with Gasteiger partial charge in [-0.1, -0.05) is 24.3 Å². The first-order chi connectivity index (χ1) is 12.7. The fourth-order valence-electron chi connectivity index (χ4n) is 4.54. The number of rotatable bonds is 2. The molecule has 3 heterocycles. The summed E-state index contributed by atoms with van der Waals surface area (Å²) in [6.07, 6.45) is 7.21. The van der Waals surface area contributed by atoms with E-state index in [0.29, 0.717) is 5.41 Å². The Morgan fingerprint density at radius 2 is 1.69 bits per heavy atom. The number of benzene rings is 1. The Kier molecular flexibility index (Phi) is 3.52. The third kappa shape index (κ3) is 2.66. The van der Waals surface area contributed by atoms with Gasteiger partial charge in [-0.3, -0.25) is 4.98 Å². The molecule has 1 aliphatic heterocycles. The fraction of sp³-hybridized carbons (Fsp3) is 0.318. The van der Waals surface area contributed by atoms with Gasteiger partial charge in [0, 0.05) is 42.8 Å². The van der Waals surface area contributed by atoms with Crippen LogP contribution in [0.4, 0.5) is 5.82 Å². The Labute approximate surface area is 154 Å². The molecule has 4 nitrogen and oxygen atoms in total. The van der Waals surface area contributed by atoms with Crippen molar-refractivity contribution in [1.82, 2.24) is 15.0 Å². The molecule has 26 heavy (non-hydrogen) atoms. The van der Waals surface area contributed by atoms with E-state index in [9.17, 15) is 0 Å². The number of anilines is 1. The molecule has 1 fully saturated rings. The minimum Gasteiger partial charge on any atom is -0.356 e. The second kappa shape index (κ2) is 5.90. The molecule has 4 heteroatoms. The number of hydrogen-bond donors (Lipinski definition) is 0. The van der Waals surface area contributed by atoms with Gasteiger partial charge in [-0.05, 0) is 54.9 Å². The molecule has 2 aromatic heterocycles. The van der Waals surface area contributed by atoms with E-state index in [2.05, 4.69) is 45.2 Å². The summed E-state index contributed by atoms with van der Waals surface area (Å²) in [5.74, 6) is 1.84. The highest BCUT2D eigenvalue weighted by Gasteiger charge is 2.43. The predicted molar refractivity (Wildman–Crippen MR) is 103 cm³/mol. The van der Waals surface area contributed by atoms with Gasteiger partial charge in [0.1, 0.15) is 5.82 Å². The predicted octanol–water partition coefficient (Wildman–Crippen LogP) is 3.84. The fourth-order valence-corrected chi connectivity index (χ4v) is 4.54. The normalized spacial score (nSPS) is 17.7. The molecule has 5 rings (SSSR count). The molecule has 0 atom stereocenters. The molecule has 1 aromatic carbocycles. The molecule has 130 valence electrons. The van der Waals surface area contributed by atoms with E-state index >= 15 is 0 Å². The second-order valence-corrected chi connectivity index (χ2v) is 7.72. The summed E-state index contributed by atoms with van der Waals surface area (Å²) in [5.41, 5.74) is 5.47. The summed E-state index contributed by atoms with van der Waals surface area (Å²) < 4.78 is 0. The minimum atomic E-state index is 0.374. The highest BCUT2D eigenvalue weighted by Crippen LogP contribution is 2.44. The molecule has 1 spiro atoms. The van der Waals surface area contributed by atoms with E-state index in [-0.39, 0.29) is 0 Å². The van der Waals surface area contributed by atoms with Gasteiger partial charge < -0.3 is 4.90 Å². The topological polar surface area (TPSA) is 41.9 Å². The third-order valence-electron chi connectivity index (χ3n) is 5.79. The molecule has 0 amide bonds. The van der Waals surface area contributed by atoms with Gasteiger partial charge in [0.25, 0.3) is 0 Å². The van der Waals surface area contributed by atoms with Crippen molar-refractivity contribution in [3.8, 4) is 11.4 Å². The lowest BCUT2D eigenvalue weighted by molar-refractivity contribution is 0.350. The zero-order valence-electron chi connectivity index (χ0n) is 15.0. The quantitative estimate of drug-likeness (QED) is 0.709. The summed E-state index contributed by atoms with van der Waals surface area (Å²) in [6, 6.07) is 15.0. The van der Waals surface area contributed by atoms with Crippen molar-refractivity contribution in [2.45, 2.75) is 26.2 Å². The van der Waals surface area contributed by atoms with Crippen molar-refractivity contribution in [3.63, 3.8) is 0 Å². The smallest absolute Gasteiger partial charge is 0.161 e. The molecule has 3 aromatic rings. The molecule has 0 unspecified atom stereocenters. The van der Waals surface area contributed by atoms with Gasteiger partial charge in [0.15, 0.2) is 5.82 Å². The molecule has 0 radical (unpaired) electrons. The van der Waals surface area contributed by atoms with Crippen LogP contribution in [-0.4, -0.2) is 28.0 Å². The van der Waals surface area contributed by atoms with Crippen molar-refractivity contribution in [3.05, 3.63) is 71.7 Å². The Morgan fingerprint density at radius 1 is 0.962 bits per heavy atom. The molecular weight excluding hydrogens is 320 g/mol. The van der Waals surface area contributed by atoms with E-state index in [4.69, 9.17) is 4.98 Å². The largest absolute Gasteiger partial charge is 0.356 e. The van der Waals surface area contributed by atoms with Crippen LogP contribution in [0, 0.1) is 12.3 Å². The lowest BCUT2D eigenvalue weighted by Crippen LogP contribution is -2.28. The van der Waals surface area contributed by atoms with Crippen LogP contribution in [0.2, 0.25) is 0 Å². The molecule has 2 aliphatic rings. The van der Waals surface area contributed by atoms with Crippen molar-refractivity contribution in [2.24, 2.45) is 5.41 Å². The van der Waals surface area contributed by atoms with E-state index in [1.165, 1.54) is 30.4 Å². The number of hydrogen-bond acceptors (Lipinski definition) is 4. The lowest BCUT2D eigenvalue weighted by Gasteiger charge is -2.24.